The molecule has 0 saturated carbocycles. The Morgan fingerprint density at radius 2 is 2.24 bits per heavy atom. The maximum Gasteiger partial charge on any atom is 0.0916 e. The van der Waals surface area contributed by atoms with Crippen LogP contribution in [0.5, 0.6) is 0 Å². The van der Waals surface area contributed by atoms with Gasteiger partial charge in [0.2, 0.25) is 0 Å². The quantitative estimate of drug-likeness (QED) is 0.916. The predicted octanol–water partition coefficient (Wildman–Crippen LogP) is 2.29. The van der Waals surface area contributed by atoms with E-state index in [-0.39, 0.29) is 0 Å². The molecule has 0 amide bonds. The lowest BCUT2D eigenvalue weighted by Gasteiger charge is -2.22. The van der Waals surface area contributed by atoms with E-state index in [4.69, 9.17) is 0 Å². The Hall–Kier alpha value is -1.75. The summed E-state index contributed by atoms with van der Waals surface area (Å²) in [5, 5.41) is 7.79. The van der Waals surface area contributed by atoms with Crippen LogP contribution in [0.2, 0.25) is 0 Å². The van der Waals surface area contributed by atoms with Crippen molar-refractivity contribution >= 4 is 0 Å². The second kappa shape index (κ2) is 6.80. The van der Waals surface area contributed by atoms with E-state index in [0.29, 0.717) is 5.92 Å². The van der Waals surface area contributed by atoms with Gasteiger partial charge in [-0.25, -0.2) is 0 Å². The van der Waals surface area contributed by atoms with Crippen LogP contribution in [0, 0.1) is 5.92 Å². The van der Waals surface area contributed by atoms with Crippen molar-refractivity contribution in [3.05, 3.63) is 30.5 Å². The molecule has 112 valence electrons. The molecule has 1 aliphatic heterocycles. The topological polar surface area (TPSA) is 55.6 Å². The zero-order valence-electron chi connectivity index (χ0n) is 12.6. The standard InChI is InChI=1S/C16H23N5/c1-2-6-21-12-14(9-20-21)16-11-18-15(10-19-16)7-13-4-3-5-17-8-13/h9-13,17H,2-8H2,1H3/t13-/m0/s1. The third kappa shape index (κ3) is 3.67. The molecule has 5 heteroatoms. The van der Waals surface area contributed by atoms with E-state index >= 15 is 0 Å². The van der Waals surface area contributed by atoms with Gasteiger partial charge in [-0.15, -0.1) is 0 Å². The second-order valence-electron chi connectivity index (χ2n) is 5.80. The molecular weight excluding hydrogens is 262 g/mol. The van der Waals surface area contributed by atoms with Crippen molar-refractivity contribution < 1.29 is 0 Å². The summed E-state index contributed by atoms with van der Waals surface area (Å²) < 4.78 is 1.96. The van der Waals surface area contributed by atoms with E-state index < -0.39 is 0 Å². The molecule has 2 aromatic rings. The third-order valence-electron chi connectivity index (χ3n) is 3.98. The van der Waals surface area contributed by atoms with E-state index in [0.717, 1.165) is 49.4 Å². The van der Waals surface area contributed by atoms with Crippen LogP contribution in [-0.4, -0.2) is 32.8 Å². The highest BCUT2D eigenvalue weighted by molar-refractivity contribution is 5.55. The van der Waals surface area contributed by atoms with Gasteiger partial charge >= 0.3 is 0 Å². The summed E-state index contributed by atoms with van der Waals surface area (Å²) in [6.07, 6.45) is 12.4. The van der Waals surface area contributed by atoms with Crippen LogP contribution >= 0.6 is 0 Å². The summed E-state index contributed by atoms with van der Waals surface area (Å²) in [5.41, 5.74) is 3.04. The van der Waals surface area contributed by atoms with Crippen LogP contribution in [0.25, 0.3) is 11.3 Å². The zero-order chi connectivity index (χ0) is 14.5. The molecule has 1 N–H and O–H groups in total. The molecule has 0 unspecified atom stereocenters. The van der Waals surface area contributed by atoms with Gasteiger partial charge in [0.05, 0.1) is 23.8 Å². The average Bonchev–Trinajstić information content (AvgIpc) is 2.98. The third-order valence-corrected chi connectivity index (χ3v) is 3.98. The molecule has 0 aliphatic carbocycles. The molecule has 5 nitrogen and oxygen atoms in total. The molecule has 1 saturated heterocycles. The lowest BCUT2D eigenvalue weighted by molar-refractivity contribution is 0.373. The molecule has 0 bridgehead atoms. The van der Waals surface area contributed by atoms with Crippen molar-refractivity contribution in [1.82, 2.24) is 25.1 Å². The Kier molecular flexibility index (Phi) is 4.60. The smallest absolute Gasteiger partial charge is 0.0916 e. The molecule has 1 fully saturated rings. The number of hydrogen-bond acceptors (Lipinski definition) is 4. The van der Waals surface area contributed by atoms with Gasteiger partial charge in [-0.1, -0.05) is 6.92 Å². The monoisotopic (exact) mass is 285 g/mol. The van der Waals surface area contributed by atoms with E-state index in [9.17, 15) is 0 Å². The van der Waals surface area contributed by atoms with Crippen LogP contribution in [0.15, 0.2) is 24.8 Å². The first-order valence-corrected chi connectivity index (χ1v) is 7.89. The zero-order valence-corrected chi connectivity index (χ0v) is 12.6. The maximum atomic E-state index is 4.58. The van der Waals surface area contributed by atoms with E-state index in [2.05, 4.69) is 27.3 Å². The molecular formula is C16H23N5. The highest BCUT2D eigenvalue weighted by Crippen LogP contribution is 2.18. The number of aromatic nitrogens is 4. The molecule has 0 spiro atoms. The minimum Gasteiger partial charge on any atom is -0.316 e. The molecule has 1 atom stereocenters. The highest BCUT2D eigenvalue weighted by atomic mass is 15.3. The van der Waals surface area contributed by atoms with E-state index in [1.165, 1.54) is 12.8 Å². The van der Waals surface area contributed by atoms with Gasteiger partial charge in [-0.3, -0.25) is 14.6 Å². The maximum absolute atomic E-state index is 4.58. The van der Waals surface area contributed by atoms with Crippen LogP contribution in [0.1, 0.15) is 31.9 Å². The molecule has 0 aromatic carbocycles. The number of piperidine rings is 1. The van der Waals surface area contributed by atoms with Gasteiger partial charge in [0.1, 0.15) is 0 Å². The fourth-order valence-corrected chi connectivity index (χ4v) is 2.85. The predicted molar refractivity (Wildman–Crippen MR) is 82.8 cm³/mol. The van der Waals surface area contributed by atoms with Crippen molar-refractivity contribution in [1.29, 1.82) is 0 Å². The Morgan fingerprint density at radius 1 is 1.29 bits per heavy atom. The SMILES string of the molecule is CCCn1cc(-c2cnc(C[C@@H]3CCCNC3)cn2)cn1. The van der Waals surface area contributed by atoms with E-state index in [1.807, 2.05) is 29.5 Å². The number of nitrogens with one attached hydrogen (secondary N) is 1. The van der Waals surface area contributed by atoms with Crippen molar-refractivity contribution in [2.45, 2.75) is 39.2 Å². The fraction of sp³-hybridized carbons (Fsp3) is 0.562. The first kappa shape index (κ1) is 14.2. The summed E-state index contributed by atoms with van der Waals surface area (Å²) in [6, 6.07) is 0. The van der Waals surface area contributed by atoms with Crippen molar-refractivity contribution in [3.63, 3.8) is 0 Å². The minimum atomic E-state index is 0.700. The van der Waals surface area contributed by atoms with Crippen molar-refractivity contribution in [2.75, 3.05) is 13.1 Å². The average molecular weight is 285 g/mol. The lowest BCUT2D eigenvalue weighted by Crippen LogP contribution is -2.31. The van der Waals surface area contributed by atoms with Gasteiger partial charge in [0.15, 0.2) is 0 Å². The highest BCUT2D eigenvalue weighted by Gasteiger charge is 2.14. The minimum absolute atomic E-state index is 0.700. The molecule has 21 heavy (non-hydrogen) atoms. The second-order valence-corrected chi connectivity index (χ2v) is 5.80. The van der Waals surface area contributed by atoms with Crippen LogP contribution < -0.4 is 5.32 Å². The molecule has 1 aliphatic rings. The first-order chi connectivity index (χ1) is 10.3. The number of aryl methyl sites for hydroxylation is 1. The molecule has 3 rings (SSSR count). The van der Waals surface area contributed by atoms with E-state index in [1.54, 1.807) is 0 Å². The summed E-state index contributed by atoms with van der Waals surface area (Å²) in [4.78, 5) is 9.13. The number of rotatable bonds is 5. The Balaban J connectivity index is 1.65. The molecule has 0 radical (unpaired) electrons. The summed E-state index contributed by atoms with van der Waals surface area (Å²) in [6.45, 7) is 5.35. The van der Waals surface area contributed by atoms with Crippen molar-refractivity contribution in [3.8, 4) is 11.3 Å². The fourth-order valence-electron chi connectivity index (χ4n) is 2.85. The van der Waals surface area contributed by atoms with Gasteiger partial charge < -0.3 is 5.32 Å². The van der Waals surface area contributed by atoms with Crippen LogP contribution in [-0.2, 0) is 13.0 Å². The van der Waals surface area contributed by atoms with Gasteiger partial charge in [-0.2, -0.15) is 5.10 Å². The van der Waals surface area contributed by atoms with Gasteiger partial charge in [0, 0.05) is 24.5 Å². The molecule has 3 heterocycles. The Morgan fingerprint density at radius 3 is 2.95 bits per heavy atom. The lowest BCUT2D eigenvalue weighted by atomic mass is 9.95. The largest absolute Gasteiger partial charge is 0.316 e. The summed E-state index contributed by atoms with van der Waals surface area (Å²) in [7, 11) is 0. The molecule has 2 aromatic heterocycles. The van der Waals surface area contributed by atoms with Gasteiger partial charge in [0.25, 0.3) is 0 Å². The normalized spacial score (nSPS) is 18.8. The van der Waals surface area contributed by atoms with Crippen LogP contribution in [0.4, 0.5) is 0 Å². The number of nitrogens with zero attached hydrogens (tertiary/aromatic N) is 4. The van der Waals surface area contributed by atoms with Crippen molar-refractivity contribution in [2.24, 2.45) is 5.92 Å². The summed E-state index contributed by atoms with van der Waals surface area (Å²) in [5.74, 6) is 0.700. The first-order valence-electron chi connectivity index (χ1n) is 7.89. The Bertz CT molecular complexity index is 554. The number of hydrogen-bond donors (Lipinski definition) is 1. The summed E-state index contributed by atoms with van der Waals surface area (Å²) >= 11 is 0. The van der Waals surface area contributed by atoms with Gasteiger partial charge in [-0.05, 0) is 44.7 Å². The van der Waals surface area contributed by atoms with Crippen LogP contribution in [0.3, 0.4) is 0 Å². The Labute approximate surface area is 125 Å².